The van der Waals surface area contributed by atoms with Crippen molar-refractivity contribution < 1.29 is 0 Å². The molecule has 0 radical (unpaired) electrons. The van der Waals surface area contributed by atoms with Crippen LogP contribution in [0.1, 0.15) is 6.42 Å². The fourth-order valence-electron chi connectivity index (χ4n) is 1.11. The summed E-state index contributed by atoms with van der Waals surface area (Å²) < 4.78 is 0. The zero-order valence-electron chi connectivity index (χ0n) is 3.44. The van der Waals surface area contributed by atoms with Crippen LogP contribution < -0.4 is 0 Å². The van der Waals surface area contributed by atoms with E-state index in [2.05, 4.69) is 6.82 Å². The molecule has 0 nitrogen and oxygen atoms in total. The Morgan fingerprint density at radius 1 is 1.60 bits per heavy atom. The highest BCUT2D eigenvalue weighted by Crippen LogP contribution is 2.73. The van der Waals surface area contributed by atoms with E-state index in [-0.39, 0.29) is 0 Å². The van der Waals surface area contributed by atoms with Crippen molar-refractivity contribution in [2.24, 2.45) is 0 Å². The summed E-state index contributed by atoms with van der Waals surface area (Å²) in [6.07, 6.45) is 1.57. The van der Waals surface area contributed by atoms with Crippen LogP contribution in [0.5, 0.6) is 0 Å². The van der Waals surface area contributed by atoms with Gasteiger partial charge in [-0.15, -0.1) is 0 Å². The Morgan fingerprint density at radius 3 is 2.00 bits per heavy atom. The minimum absolute atomic E-state index is 1.15. The Morgan fingerprint density at radius 2 is 2.00 bits per heavy atom. The maximum absolute atomic E-state index is 2.35. The number of hydrogen-bond donors (Lipinski definition) is 0. The summed E-state index contributed by atoms with van der Waals surface area (Å²) in [6.45, 7) is 3.49. The number of fused-ring (bicyclic) bond motifs is 1. The summed E-state index contributed by atoms with van der Waals surface area (Å²) >= 11 is 0. The second-order valence-electron chi connectivity index (χ2n) is 2.42. The molecule has 2 fully saturated rings. The molecule has 1 saturated heterocycles. The molecule has 1 heteroatoms. The van der Waals surface area contributed by atoms with Crippen LogP contribution >= 0.6 is 0 Å². The molecular weight excluding hydrogens is 58.9 g/mol. The molecule has 26 valence electrons. The lowest BCUT2D eigenvalue weighted by molar-refractivity contribution is 1.37. The summed E-state index contributed by atoms with van der Waals surface area (Å²) in [6, 6.07) is 0. The molecule has 2 unspecified atom stereocenters. The van der Waals surface area contributed by atoms with E-state index in [1.165, 1.54) is 11.6 Å². The van der Waals surface area contributed by atoms with Gasteiger partial charge in [-0.1, -0.05) is 24.9 Å². The summed E-state index contributed by atoms with van der Waals surface area (Å²) in [4.78, 5) is 0. The van der Waals surface area contributed by atoms with Gasteiger partial charge >= 0.3 is 0 Å². The SMILES string of the molecule is CB1C2CC12. The van der Waals surface area contributed by atoms with Gasteiger partial charge in [0.1, 0.15) is 6.71 Å². The zero-order valence-corrected chi connectivity index (χ0v) is 3.44. The van der Waals surface area contributed by atoms with Crippen LogP contribution in [0, 0.1) is 0 Å². The molecule has 0 amide bonds. The minimum atomic E-state index is 1.15. The van der Waals surface area contributed by atoms with E-state index in [1.54, 1.807) is 6.42 Å². The Labute approximate surface area is 32.6 Å². The van der Waals surface area contributed by atoms with Gasteiger partial charge < -0.3 is 0 Å². The van der Waals surface area contributed by atoms with Gasteiger partial charge in [-0.3, -0.25) is 0 Å². The van der Waals surface area contributed by atoms with Gasteiger partial charge in [0, 0.05) is 0 Å². The Kier molecular flexibility index (Phi) is 0.172. The average Bonchev–Trinajstić information content (AvgIpc) is 2.11. The molecule has 1 saturated carbocycles. The summed E-state index contributed by atoms with van der Waals surface area (Å²) in [5, 5.41) is 0. The summed E-state index contributed by atoms with van der Waals surface area (Å²) in [7, 11) is 0. The van der Waals surface area contributed by atoms with Crippen molar-refractivity contribution in [1.82, 2.24) is 0 Å². The highest BCUT2D eigenvalue weighted by molar-refractivity contribution is 6.77. The molecule has 0 aromatic rings. The van der Waals surface area contributed by atoms with Gasteiger partial charge in [-0.25, -0.2) is 0 Å². The fraction of sp³-hybridized carbons (Fsp3) is 1.00. The van der Waals surface area contributed by atoms with E-state index in [0.29, 0.717) is 0 Å². The van der Waals surface area contributed by atoms with Crippen molar-refractivity contribution >= 4 is 6.71 Å². The van der Waals surface area contributed by atoms with Crippen LogP contribution in [0.25, 0.3) is 0 Å². The molecule has 2 rings (SSSR count). The maximum atomic E-state index is 2.35. The first-order valence-electron chi connectivity index (χ1n) is 2.39. The number of rotatable bonds is 0. The summed E-state index contributed by atoms with van der Waals surface area (Å²) in [5.74, 6) is 2.44. The van der Waals surface area contributed by atoms with Crippen molar-refractivity contribution in [1.29, 1.82) is 0 Å². The van der Waals surface area contributed by atoms with Crippen molar-refractivity contribution in [3.05, 3.63) is 0 Å². The van der Waals surface area contributed by atoms with Crippen molar-refractivity contribution in [3.63, 3.8) is 0 Å². The van der Waals surface area contributed by atoms with Gasteiger partial charge in [0.05, 0.1) is 0 Å². The first kappa shape index (κ1) is 2.28. The molecule has 1 heterocycles. The van der Waals surface area contributed by atoms with Crippen LogP contribution in [0.2, 0.25) is 18.5 Å². The Hall–Kier alpha value is 0.0649. The van der Waals surface area contributed by atoms with Gasteiger partial charge in [-0.05, 0) is 0 Å². The second kappa shape index (κ2) is 0.377. The van der Waals surface area contributed by atoms with Crippen LogP contribution in [-0.4, -0.2) is 6.71 Å². The highest BCUT2D eigenvalue weighted by Gasteiger charge is 2.63. The topological polar surface area (TPSA) is 0 Å². The highest BCUT2D eigenvalue weighted by atomic mass is 14.5. The lowest BCUT2D eigenvalue weighted by Gasteiger charge is -1.76. The van der Waals surface area contributed by atoms with Crippen LogP contribution in [0.4, 0.5) is 0 Å². The molecule has 2 atom stereocenters. The molecule has 0 bridgehead atoms. The first-order valence-corrected chi connectivity index (χ1v) is 2.39. The zero-order chi connectivity index (χ0) is 3.44. The van der Waals surface area contributed by atoms with Crippen molar-refractivity contribution in [2.75, 3.05) is 0 Å². The average molecular weight is 65.9 g/mol. The molecule has 0 aromatic carbocycles. The minimum Gasteiger partial charge on any atom is -0.0857 e. The third-order valence-electron chi connectivity index (χ3n) is 2.10. The smallest absolute Gasteiger partial charge is 0.0857 e. The Balaban J connectivity index is 2.19. The fourth-order valence-corrected chi connectivity index (χ4v) is 1.11. The van der Waals surface area contributed by atoms with E-state index in [4.69, 9.17) is 0 Å². The van der Waals surface area contributed by atoms with Crippen LogP contribution in [0.3, 0.4) is 0 Å². The molecule has 0 aromatic heterocycles. The van der Waals surface area contributed by atoms with Gasteiger partial charge in [0.2, 0.25) is 0 Å². The molecule has 0 spiro atoms. The maximum Gasteiger partial charge on any atom is 0.142 e. The van der Waals surface area contributed by atoms with Crippen molar-refractivity contribution in [3.8, 4) is 0 Å². The monoisotopic (exact) mass is 66.1 g/mol. The van der Waals surface area contributed by atoms with Gasteiger partial charge in [0.15, 0.2) is 0 Å². The molecule has 1 aliphatic carbocycles. The quantitative estimate of drug-likeness (QED) is 0.373. The Bertz CT molecular complexity index is 55.3. The molecule has 1 aliphatic heterocycles. The predicted molar refractivity (Wildman–Crippen MR) is 23.7 cm³/mol. The summed E-state index contributed by atoms with van der Waals surface area (Å²) in [5.41, 5.74) is 0. The van der Waals surface area contributed by atoms with Crippen LogP contribution in [0.15, 0.2) is 0 Å². The predicted octanol–water partition coefficient (Wildman–Crippen LogP) is 1.27. The standard InChI is InChI=1S/C4H7B/c1-5-3-2-4(3)5/h3-4H,2H2,1H3. The van der Waals surface area contributed by atoms with Crippen LogP contribution in [-0.2, 0) is 0 Å². The van der Waals surface area contributed by atoms with Gasteiger partial charge in [0.25, 0.3) is 0 Å². The van der Waals surface area contributed by atoms with E-state index in [0.717, 1.165) is 6.71 Å². The van der Waals surface area contributed by atoms with E-state index in [1.807, 2.05) is 0 Å². The second-order valence-corrected chi connectivity index (χ2v) is 2.42. The van der Waals surface area contributed by atoms with E-state index >= 15 is 0 Å². The third kappa shape index (κ3) is 0.119. The van der Waals surface area contributed by atoms with Gasteiger partial charge in [-0.2, -0.15) is 0 Å². The molecule has 2 aliphatic rings. The molecule has 0 N–H and O–H groups in total. The lowest BCUT2D eigenvalue weighted by atomic mass is 9.61. The van der Waals surface area contributed by atoms with E-state index in [9.17, 15) is 0 Å². The van der Waals surface area contributed by atoms with Crippen molar-refractivity contribution in [2.45, 2.75) is 24.9 Å². The number of hydrogen-bond acceptors (Lipinski definition) is 0. The molecular formula is C4H7B. The third-order valence-corrected chi connectivity index (χ3v) is 2.10. The molecule has 5 heavy (non-hydrogen) atoms. The normalized spacial score (nSPS) is 55.8. The first-order chi connectivity index (χ1) is 2.39. The van der Waals surface area contributed by atoms with E-state index < -0.39 is 0 Å². The lowest BCUT2D eigenvalue weighted by Crippen LogP contribution is -1.84. The largest absolute Gasteiger partial charge is 0.142 e.